The van der Waals surface area contributed by atoms with Gasteiger partial charge in [0.15, 0.2) is 5.82 Å². The van der Waals surface area contributed by atoms with Crippen LogP contribution in [0.4, 0.5) is 5.82 Å². The van der Waals surface area contributed by atoms with Crippen LogP contribution in [0, 0.1) is 18.8 Å². The van der Waals surface area contributed by atoms with Crippen molar-refractivity contribution >= 4 is 40.5 Å². The minimum absolute atomic E-state index is 0.621. The fourth-order valence-corrected chi connectivity index (χ4v) is 5.38. The summed E-state index contributed by atoms with van der Waals surface area (Å²) in [5, 5.41) is 5.29. The predicted octanol–water partition coefficient (Wildman–Crippen LogP) is 7.61. The van der Waals surface area contributed by atoms with E-state index in [0.717, 1.165) is 35.4 Å². The first kappa shape index (κ1) is 24.5. The van der Waals surface area contributed by atoms with Gasteiger partial charge in [-0.15, -0.1) is 0 Å². The van der Waals surface area contributed by atoms with Gasteiger partial charge < -0.3 is 11.1 Å². The molecule has 3 N–H and O–H groups in total. The fraction of sp³-hybridized carbons (Fsp3) is 0.290. The highest BCUT2D eigenvalue weighted by Gasteiger charge is 2.21. The first-order valence-corrected chi connectivity index (χ1v) is 13.2. The molecule has 0 saturated heterocycles. The molecule has 2 atom stereocenters. The number of hydrogen-bond acceptors (Lipinski definition) is 4. The van der Waals surface area contributed by atoms with Gasteiger partial charge in [0.25, 0.3) is 0 Å². The number of aryl methyl sites for hydroxylation is 1. The van der Waals surface area contributed by atoms with Crippen LogP contribution in [0.2, 0.25) is 5.02 Å². The number of nitrogens with zero attached hydrogens (tertiary/aromatic N) is 2. The van der Waals surface area contributed by atoms with E-state index in [-0.39, 0.29) is 0 Å². The van der Waals surface area contributed by atoms with Crippen molar-refractivity contribution in [3.05, 3.63) is 88.7 Å². The highest BCUT2D eigenvalue weighted by atomic mass is 35.5. The number of nitrogens with one attached hydrogen (secondary N) is 1. The molecule has 1 heterocycles. The molecule has 2 unspecified atom stereocenters. The third kappa shape index (κ3) is 5.77. The monoisotopic (exact) mass is 496 g/mol. The molecule has 4 aromatic rings. The number of rotatable bonds is 7. The van der Waals surface area contributed by atoms with Gasteiger partial charge in [-0.05, 0) is 91.1 Å². The maximum Gasteiger partial charge on any atom is 0.154 e. The van der Waals surface area contributed by atoms with Crippen molar-refractivity contribution in [1.29, 1.82) is 0 Å². The molecule has 3 aromatic carbocycles. The number of halogens is 1. The Morgan fingerprint density at radius 2 is 1.78 bits per heavy atom. The molecule has 0 bridgehead atoms. The van der Waals surface area contributed by atoms with Gasteiger partial charge in [-0.25, -0.2) is 9.97 Å². The lowest BCUT2D eigenvalue weighted by Gasteiger charge is -2.28. The lowest BCUT2D eigenvalue weighted by Crippen LogP contribution is -2.26. The maximum absolute atomic E-state index is 6.29. The maximum atomic E-state index is 6.29. The summed E-state index contributed by atoms with van der Waals surface area (Å²) >= 11 is 6.29. The summed E-state index contributed by atoms with van der Waals surface area (Å²) in [5.41, 5.74) is 11.6. The third-order valence-electron chi connectivity index (χ3n) is 7.25. The quantitative estimate of drug-likeness (QED) is 0.276. The van der Waals surface area contributed by atoms with Crippen LogP contribution in [0.3, 0.4) is 0 Å². The van der Waals surface area contributed by atoms with Gasteiger partial charge in [-0.2, -0.15) is 0 Å². The molecule has 0 radical (unpaired) electrons. The van der Waals surface area contributed by atoms with Crippen LogP contribution in [0.1, 0.15) is 42.6 Å². The smallest absolute Gasteiger partial charge is 0.154 e. The van der Waals surface area contributed by atoms with Gasteiger partial charge in [0.2, 0.25) is 0 Å². The first-order valence-electron chi connectivity index (χ1n) is 12.8. The van der Waals surface area contributed by atoms with E-state index < -0.39 is 0 Å². The Morgan fingerprint density at radius 1 is 0.972 bits per heavy atom. The van der Waals surface area contributed by atoms with Gasteiger partial charge in [-0.1, -0.05) is 72.6 Å². The van der Waals surface area contributed by atoms with E-state index in [0.29, 0.717) is 22.7 Å². The van der Waals surface area contributed by atoms with Crippen molar-refractivity contribution in [3.8, 4) is 11.1 Å². The summed E-state index contributed by atoms with van der Waals surface area (Å²) in [4.78, 5) is 9.64. The van der Waals surface area contributed by atoms with Crippen molar-refractivity contribution in [2.45, 2.75) is 32.6 Å². The first-order chi connectivity index (χ1) is 17.6. The van der Waals surface area contributed by atoms with E-state index in [9.17, 15) is 0 Å². The average molecular weight is 497 g/mol. The molecule has 36 heavy (non-hydrogen) atoms. The molecule has 184 valence electrons. The lowest BCUT2D eigenvalue weighted by atomic mass is 9.81. The van der Waals surface area contributed by atoms with Gasteiger partial charge in [0.1, 0.15) is 5.82 Å². The Kier molecular flexibility index (Phi) is 7.64. The van der Waals surface area contributed by atoms with E-state index in [1.54, 1.807) is 0 Å². The van der Waals surface area contributed by atoms with Crippen molar-refractivity contribution in [2.75, 3.05) is 18.4 Å². The van der Waals surface area contributed by atoms with Gasteiger partial charge in [0, 0.05) is 17.0 Å². The van der Waals surface area contributed by atoms with Crippen LogP contribution in [0.15, 0.2) is 66.7 Å². The molecule has 0 spiro atoms. The Morgan fingerprint density at radius 3 is 2.58 bits per heavy atom. The van der Waals surface area contributed by atoms with E-state index in [2.05, 4.69) is 66.8 Å². The van der Waals surface area contributed by atoms with Crippen LogP contribution in [-0.4, -0.2) is 23.1 Å². The van der Waals surface area contributed by atoms with Crippen molar-refractivity contribution in [3.63, 3.8) is 0 Å². The second-order valence-corrected chi connectivity index (χ2v) is 10.3. The number of anilines is 1. The Bertz CT molecular complexity index is 1360. The zero-order valence-corrected chi connectivity index (χ0v) is 21.5. The molecular formula is C31H33ClN4. The summed E-state index contributed by atoms with van der Waals surface area (Å²) in [6, 6.07) is 22.8. The normalized spacial score (nSPS) is 18.1. The second-order valence-electron chi connectivity index (χ2n) is 9.88. The Balaban J connectivity index is 1.37. The molecular weight excluding hydrogens is 464 g/mol. The summed E-state index contributed by atoms with van der Waals surface area (Å²) in [6.07, 6.45) is 8.96. The topological polar surface area (TPSA) is 63.8 Å². The molecule has 5 heteroatoms. The molecule has 4 nitrogen and oxygen atoms in total. The summed E-state index contributed by atoms with van der Waals surface area (Å²) in [7, 11) is 0. The summed E-state index contributed by atoms with van der Waals surface area (Å²) in [5.74, 6) is 2.79. The zero-order chi connectivity index (χ0) is 24.9. The number of nitrogens with two attached hydrogens (primary N) is 1. The minimum Gasteiger partial charge on any atom is -0.369 e. The molecule has 1 aliphatic carbocycles. The molecule has 1 fully saturated rings. The van der Waals surface area contributed by atoms with Gasteiger partial charge in [-0.3, -0.25) is 0 Å². The summed E-state index contributed by atoms with van der Waals surface area (Å²) in [6.45, 7) is 3.82. The average Bonchev–Trinajstić information content (AvgIpc) is 2.91. The predicted molar refractivity (Wildman–Crippen MR) is 153 cm³/mol. The SMILES string of the molecule is Cc1ccccc1-c1ccc(/C=C/c2nc(NCC3CCCC(CN)C3)c3ccc(Cl)cc3n2)cc1. The Hall–Kier alpha value is -3.21. The van der Waals surface area contributed by atoms with Crippen LogP contribution >= 0.6 is 11.6 Å². The van der Waals surface area contributed by atoms with Crippen LogP contribution in [-0.2, 0) is 0 Å². The number of aromatic nitrogens is 2. The molecule has 1 saturated carbocycles. The van der Waals surface area contributed by atoms with E-state index in [4.69, 9.17) is 27.3 Å². The highest BCUT2D eigenvalue weighted by molar-refractivity contribution is 6.31. The molecule has 1 aliphatic rings. The van der Waals surface area contributed by atoms with Crippen molar-refractivity contribution < 1.29 is 0 Å². The van der Waals surface area contributed by atoms with E-state index in [1.165, 1.54) is 42.4 Å². The van der Waals surface area contributed by atoms with Gasteiger partial charge in [0.05, 0.1) is 5.52 Å². The molecule has 1 aromatic heterocycles. The molecule has 5 rings (SSSR count). The zero-order valence-electron chi connectivity index (χ0n) is 20.8. The minimum atomic E-state index is 0.621. The fourth-order valence-electron chi connectivity index (χ4n) is 5.21. The lowest BCUT2D eigenvalue weighted by molar-refractivity contribution is 0.281. The molecule has 0 amide bonds. The van der Waals surface area contributed by atoms with Crippen LogP contribution in [0.25, 0.3) is 34.2 Å². The van der Waals surface area contributed by atoms with Crippen LogP contribution in [0.5, 0.6) is 0 Å². The third-order valence-corrected chi connectivity index (χ3v) is 7.49. The second kappa shape index (κ2) is 11.2. The van der Waals surface area contributed by atoms with Crippen molar-refractivity contribution in [2.24, 2.45) is 17.6 Å². The van der Waals surface area contributed by atoms with Gasteiger partial charge >= 0.3 is 0 Å². The van der Waals surface area contributed by atoms with Crippen LogP contribution < -0.4 is 11.1 Å². The number of hydrogen-bond donors (Lipinski definition) is 2. The summed E-state index contributed by atoms with van der Waals surface area (Å²) < 4.78 is 0. The molecule has 0 aliphatic heterocycles. The van der Waals surface area contributed by atoms with E-state index >= 15 is 0 Å². The van der Waals surface area contributed by atoms with Crippen molar-refractivity contribution in [1.82, 2.24) is 9.97 Å². The Labute approximate surface area is 218 Å². The largest absolute Gasteiger partial charge is 0.369 e. The number of benzene rings is 3. The highest BCUT2D eigenvalue weighted by Crippen LogP contribution is 2.30. The number of fused-ring (bicyclic) bond motifs is 1. The standard InChI is InChI=1S/C31H33ClN4/c1-21-5-2-3-8-27(21)25-12-9-22(10-13-25)11-16-30-35-29-18-26(32)14-15-28(29)31(36-30)34-20-24-7-4-6-23(17-24)19-33/h2-3,5,8-16,18,23-24H,4,6-7,17,19-20,33H2,1H3,(H,34,35,36)/b16-11+. The van der Waals surface area contributed by atoms with E-state index in [1.807, 2.05) is 24.3 Å².